The molecule has 0 bridgehead atoms. The number of carbonyl (C=O) groups is 2. The van der Waals surface area contributed by atoms with E-state index in [0.717, 1.165) is 55.7 Å². The quantitative estimate of drug-likeness (QED) is 0.544. The Morgan fingerprint density at radius 1 is 1.20 bits per heavy atom. The van der Waals surface area contributed by atoms with Gasteiger partial charge < -0.3 is 15.5 Å². The highest BCUT2D eigenvalue weighted by Gasteiger charge is 2.47. The lowest BCUT2D eigenvalue weighted by Crippen LogP contribution is -2.45. The molecule has 2 N–H and O–H groups in total. The molecule has 4 heterocycles. The highest BCUT2D eigenvalue weighted by atomic mass is 19.4. The molecule has 1 saturated heterocycles. The summed E-state index contributed by atoms with van der Waals surface area (Å²) < 4.78 is 39.2. The van der Waals surface area contributed by atoms with Gasteiger partial charge in [-0.05, 0) is 43.2 Å². The second-order valence-electron chi connectivity index (χ2n) is 11.9. The Hall–Kier alpha value is -3.64. The summed E-state index contributed by atoms with van der Waals surface area (Å²) in [5.41, 5.74) is 1.87. The molecule has 3 aliphatic heterocycles. The van der Waals surface area contributed by atoms with E-state index in [9.17, 15) is 22.8 Å². The average Bonchev–Trinajstić information content (AvgIpc) is 3.34. The van der Waals surface area contributed by atoms with Crippen LogP contribution in [0.5, 0.6) is 0 Å². The van der Waals surface area contributed by atoms with Gasteiger partial charge in [-0.25, -0.2) is 9.80 Å². The fraction of sp³-hybridized carbons (Fsp3) is 0.607. The van der Waals surface area contributed by atoms with Crippen LogP contribution in [0, 0.1) is 5.41 Å². The SMILES string of the molecule is CC1(C(=O)N2CCC(n3cc(C4C=NN5C(=NCC5C5=CC(NC(=O)NCC(F)(F)F)CC=C5)C4)cn3)CC2)CC1. The molecule has 6 rings (SSSR count). The van der Waals surface area contributed by atoms with Crippen molar-refractivity contribution in [3.8, 4) is 0 Å². The van der Waals surface area contributed by atoms with Crippen LogP contribution in [0.15, 0.2) is 46.3 Å². The third kappa shape index (κ3) is 6.03. The minimum atomic E-state index is -4.46. The van der Waals surface area contributed by atoms with Crippen LogP contribution >= 0.6 is 0 Å². The van der Waals surface area contributed by atoms with Crippen molar-refractivity contribution in [3.05, 3.63) is 41.8 Å². The second-order valence-corrected chi connectivity index (χ2v) is 11.9. The normalized spacial score (nSPS) is 27.3. The average molecular weight is 573 g/mol. The van der Waals surface area contributed by atoms with E-state index in [-0.39, 0.29) is 23.4 Å². The first-order valence-electron chi connectivity index (χ1n) is 14.3. The van der Waals surface area contributed by atoms with Crippen LogP contribution in [-0.4, -0.2) is 88.1 Å². The molecule has 10 nitrogen and oxygen atoms in total. The zero-order chi connectivity index (χ0) is 28.8. The highest BCUT2D eigenvalue weighted by molar-refractivity contribution is 5.92. The molecule has 3 amide bonds. The Bertz CT molecular complexity index is 1300. The summed E-state index contributed by atoms with van der Waals surface area (Å²) in [5, 5.41) is 15.7. The van der Waals surface area contributed by atoms with Crippen molar-refractivity contribution in [1.82, 2.24) is 30.3 Å². The largest absolute Gasteiger partial charge is 0.405 e. The van der Waals surface area contributed by atoms with Gasteiger partial charge in [-0.15, -0.1) is 0 Å². The van der Waals surface area contributed by atoms with E-state index in [2.05, 4.69) is 23.5 Å². The third-order valence-electron chi connectivity index (χ3n) is 8.72. The van der Waals surface area contributed by atoms with E-state index in [1.807, 2.05) is 50.5 Å². The number of piperidine rings is 1. The summed E-state index contributed by atoms with van der Waals surface area (Å²) in [6, 6.07) is -1.13. The number of amides is 3. The van der Waals surface area contributed by atoms with Gasteiger partial charge in [0.2, 0.25) is 5.91 Å². The Kier molecular flexibility index (Phi) is 7.14. The minimum Gasteiger partial charge on any atom is -0.342 e. The number of hydrogen-bond donors (Lipinski definition) is 2. The van der Waals surface area contributed by atoms with Gasteiger partial charge in [-0.3, -0.25) is 14.5 Å². The summed E-state index contributed by atoms with van der Waals surface area (Å²) in [5.74, 6) is 1.23. The number of alkyl halides is 3. The van der Waals surface area contributed by atoms with Gasteiger partial charge in [0.05, 0.1) is 30.9 Å². The maximum absolute atomic E-state index is 12.7. The summed E-state index contributed by atoms with van der Waals surface area (Å²) in [4.78, 5) is 31.3. The zero-order valence-corrected chi connectivity index (χ0v) is 23.0. The number of urea groups is 1. The molecule has 2 fully saturated rings. The molecular weight excluding hydrogens is 537 g/mol. The first-order chi connectivity index (χ1) is 19.6. The van der Waals surface area contributed by atoms with Crippen molar-refractivity contribution in [2.24, 2.45) is 15.5 Å². The molecule has 1 aromatic heterocycles. The van der Waals surface area contributed by atoms with Gasteiger partial charge in [-0.1, -0.05) is 25.2 Å². The van der Waals surface area contributed by atoms with Gasteiger partial charge in [0.1, 0.15) is 12.4 Å². The van der Waals surface area contributed by atoms with Crippen LogP contribution in [0.2, 0.25) is 0 Å². The predicted octanol–water partition coefficient (Wildman–Crippen LogP) is 3.52. The predicted molar refractivity (Wildman–Crippen MR) is 146 cm³/mol. The van der Waals surface area contributed by atoms with Crippen LogP contribution in [0.1, 0.15) is 63.0 Å². The number of aliphatic imine (C=N–C) groups is 1. The number of fused-ring (bicyclic) bond motifs is 1. The summed E-state index contributed by atoms with van der Waals surface area (Å²) in [7, 11) is 0. The van der Waals surface area contributed by atoms with E-state index in [0.29, 0.717) is 25.3 Å². The Morgan fingerprint density at radius 3 is 2.71 bits per heavy atom. The number of rotatable bonds is 6. The fourth-order valence-electron chi connectivity index (χ4n) is 5.97. The van der Waals surface area contributed by atoms with Gasteiger partial charge in [0.15, 0.2) is 0 Å². The van der Waals surface area contributed by atoms with Gasteiger partial charge in [0.25, 0.3) is 0 Å². The molecule has 1 aromatic rings. The van der Waals surface area contributed by atoms with E-state index in [1.165, 1.54) is 0 Å². The van der Waals surface area contributed by atoms with Crippen molar-refractivity contribution in [1.29, 1.82) is 0 Å². The lowest BCUT2D eigenvalue weighted by molar-refractivity contribution is -0.137. The second kappa shape index (κ2) is 10.6. The van der Waals surface area contributed by atoms with E-state index in [4.69, 9.17) is 10.1 Å². The lowest BCUT2D eigenvalue weighted by Gasteiger charge is -2.33. The van der Waals surface area contributed by atoms with Crippen LogP contribution in [-0.2, 0) is 4.79 Å². The standard InChI is InChI=1S/C28H35F3N8O2/c1-27(7-8-27)25(40)37-9-5-22(6-10-37)38-16-20(14-34-38)19-12-24-32-15-23(39(24)35-13-19)18-3-2-4-21(11-18)36-26(41)33-17-28(29,30)31/h2-3,11,13-14,16,19,21-23H,4-10,12,15,17H2,1H3,(H2,33,36,41). The number of carbonyl (C=O) groups excluding carboxylic acids is 2. The Morgan fingerprint density at radius 2 is 1.98 bits per heavy atom. The fourth-order valence-corrected chi connectivity index (χ4v) is 5.97. The number of hydrazone groups is 1. The first-order valence-corrected chi connectivity index (χ1v) is 14.3. The number of likely N-dealkylation sites (tertiary alicyclic amines) is 1. The monoisotopic (exact) mass is 572 g/mol. The van der Waals surface area contributed by atoms with Gasteiger partial charge in [-0.2, -0.15) is 23.4 Å². The molecule has 5 aliphatic rings. The smallest absolute Gasteiger partial charge is 0.342 e. The molecule has 2 aliphatic carbocycles. The Labute approximate surface area is 236 Å². The van der Waals surface area contributed by atoms with E-state index < -0.39 is 24.8 Å². The molecule has 1 saturated carbocycles. The van der Waals surface area contributed by atoms with Crippen LogP contribution < -0.4 is 10.6 Å². The van der Waals surface area contributed by atoms with Crippen LogP contribution in [0.25, 0.3) is 0 Å². The summed E-state index contributed by atoms with van der Waals surface area (Å²) in [6.45, 7) is 2.74. The number of aromatic nitrogens is 2. The summed E-state index contributed by atoms with van der Waals surface area (Å²) in [6.07, 6.45) is 12.2. The topological polar surface area (TPSA) is 107 Å². The highest BCUT2D eigenvalue weighted by Crippen LogP contribution is 2.47. The number of halogens is 3. The zero-order valence-electron chi connectivity index (χ0n) is 23.0. The number of nitrogens with zero attached hydrogens (tertiary/aromatic N) is 6. The molecular formula is C28H35F3N8O2. The molecule has 3 atom stereocenters. The van der Waals surface area contributed by atoms with Crippen molar-refractivity contribution in [3.63, 3.8) is 0 Å². The molecule has 0 radical (unpaired) electrons. The van der Waals surface area contributed by atoms with Gasteiger partial charge in [0, 0.05) is 43.3 Å². The van der Waals surface area contributed by atoms with E-state index in [1.54, 1.807) is 0 Å². The molecule has 13 heteroatoms. The van der Waals surface area contributed by atoms with Crippen LogP contribution in [0.4, 0.5) is 18.0 Å². The summed E-state index contributed by atoms with van der Waals surface area (Å²) >= 11 is 0. The molecule has 0 aromatic carbocycles. The maximum Gasteiger partial charge on any atom is 0.405 e. The minimum absolute atomic E-state index is 0.0524. The lowest BCUT2D eigenvalue weighted by atomic mass is 9.95. The van der Waals surface area contributed by atoms with Crippen molar-refractivity contribution < 1.29 is 22.8 Å². The molecule has 41 heavy (non-hydrogen) atoms. The molecule has 0 spiro atoms. The van der Waals surface area contributed by atoms with E-state index >= 15 is 0 Å². The molecule has 220 valence electrons. The van der Waals surface area contributed by atoms with Crippen molar-refractivity contribution in [2.75, 3.05) is 26.2 Å². The number of nitrogens with one attached hydrogen (secondary N) is 2. The third-order valence-corrected chi connectivity index (χ3v) is 8.72. The van der Waals surface area contributed by atoms with Crippen LogP contribution in [0.3, 0.4) is 0 Å². The first kappa shape index (κ1) is 27.5. The number of amidine groups is 1. The maximum atomic E-state index is 12.7. The van der Waals surface area contributed by atoms with Crippen molar-refractivity contribution >= 4 is 24.0 Å². The van der Waals surface area contributed by atoms with Gasteiger partial charge >= 0.3 is 12.2 Å². The number of hydrogen-bond acceptors (Lipinski definition) is 6. The van der Waals surface area contributed by atoms with Crippen molar-refractivity contribution in [2.45, 2.75) is 75.7 Å². The molecule has 3 unspecified atom stereocenters. The Balaban J connectivity index is 1.04.